The smallest absolute Gasteiger partial charge is 0.326 e. The van der Waals surface area contributed by atoms with Gasteiger partial charge in [0.2, 0.25) is 0 Å². The molecule has 0 spiro atoms. The van der Waals surface area contributed by atoms with Crippen LogP contribution in [-0.2, 0) is 15.0 Å². The van der Waals surface area contributed by atoms with E-state index in [1.54, 1.807) is 4.72 Å². The molecular formula is C12H13FN4O4S. The molecule has 0 unspecified atom stereocenters. The Morgan fingerprint density at radius 2 is 2.00 bits per heavy atom. The molecule has 0 saturated carbocycles. The second-order valence-electron chi connectivity index (χ2n) is 4.58. The van der Waals surface area contributed by atoms with E-state index in [9.17, 15) is 22.7 Å². The van der Waals surface area contributed by atoms with Crippen LogP contribution in [0.15, 0.2) is 24.3 Å². The quantitative estimate of drug-likeness (QED) is 0.564. The number of nitrogens with zero attached hydrogens (tertiary/aromatic N) is 1. The number of nitrogen functional groups attached to an aromatic ring is 1. The predicted octanol–water partition coefficient (Wildman–Crippen LogP) is 0.610. The van der Waals surface area contributed by atoms with Gasteiger partial charge in [0, 0.05) is 11.1 Å². The molecule has 1 aliphatic rings. The Hall–Kier alpha value is -2.59. The monoisotopic (exact) mass is 328 g/mol. The molecule has 1 saturated heterocycles. The van der Waals surface area contributed by atoms with Gasteiger partial charge in [-0.25, -0.2) is 13.4 Å². The number of carbonyl (C=O) groups is 1. The Labute approximate surface area is 125 Å². The van der Waals surface area contributed by atoms with E-state index in [0.717, 1.165) is 0 Å². The van der Waals surface area contributed by atoms with Crippen molar-refractivity contribution in [2.24, 2.45) is 0 Å². The predicted molar refractivity (Wildman–Crippen MR) is 79.4 cm³/mol. The summed E-state index contributed by atoms with van der Waals surface area (Å²) >= 11 is 0. The first-order chi connectivity index (χ1) is 9.79. The molecule has 8 nitrogen and oxygen atoms in total. The number of nitrogens with two attached hydrogens (primary N) is 1. The molecular weight excluding hydrogens is 315 g/mol. The molecule has 22 heavy (non-hydrogen) atoms. The molecule has 0 atom stereocenters. The summed E-state index contributed by atoms with van der Waals surface area (Å²) in [6, 6.07) is 5.47. The molecule has 7 N–H and O–H groups in total. The lowest BCUT2D eigenvalue weighted by molar-refractivity contribution is -0.117. The fourth-order valence-corrected chi connectivity index (χ4v) is 3.40. The van der Waals surface area contributed by atoms with Crippen molar-refractivity contribution in [3.05, 3.63) is 30.1 Å². The SMILES string of the molecule is N.Nc1ccc2c(F)c(N3CC(=O)NS3(=O)=O)c(O)cc2c1. The highest BCUT2D eigenvalue weighted by Crippen LogP contribution is 2.38. The minimum absolute atomic E-state index is 0. The van der Waals surface area contributed by atoms with Crippen molar-refractivity contribution in [1.82, 2.24) is 10.9 Å². The van der Waals surface area contributed by atoms with Gasteiger partial charge in [-0.3, -0.25) is 4.79 Å². The van der Waals surface area contributed by atoms with Crippen LogP contribution >= 0.6 is 0 Å². The number of phenols is 1. The number of hydrogen-bond acceptors (Lipinski definition) is 6. The zero-order valence-electron chi connectivity index (χ0n) is 11.2. The van der Waals surface area contributed by atoms with Crippen LogP contribution in [0.1, 0.15) is 0 Å². The maximum absolute atomic E-state index is 14.5. The second kappa shape index (κ2) is 5.00. The number of amides is 1. The van der Waals surface area contributed by atoms with E-state index in [-0.39, 0.29) is 11.5 Å². The number of anilines is 2. The number of rotatable bonds is 1. The lowest BCUT2D eigenvalue weighted by Gasteiger charge is -2.18. The second-order valence-corrected chi connectivity index (χ2v) is 6.17. The molecule has 10 heteroatoms. The van der Waals surface area contributed by atoms with Crippen molar-refractivity contribution >= 4 is 38.3 Å². The highest BCUT2D eigenvalue weighted by Gasteiger charge is 2.37. The molecule has 1 amide bonds. The summed E-state index contributed by atoms with van der Waals surface area (Å²) in [6.45, 7) is -0.590. The fraction of sp³-hybridized carbons (Fsp3) is 0.0833. The molecule has 3 rings (SSSR count). The number of nitrogens with one attached hydrogen (secondary N) is 1. The van der Waals surface area contributed by atoms with Crippen LogP contribution in [0.5, 0.6) is 5.75 Å². The van der Waals surface area contributed by atoms with E-state index < -0.39 is 39.9 Å². The Bertz CT molecular complexity index is 884. The molecule has 1 fully saturated rings. The van der Waals surface area contributed by atoms with E-state index in [1.165, 1.54) is 24.3 Å². The van der Waals surface area contributed by atoms with E-state index in [2.05, 4.69) is 0 Å². The van der Waals surface area contributed by atoms with Gasteiger partial charge >= 0.3 is 10.2 Å². The Morgan fingerprint density at radius 1 is 1.32 bits per heavy atom. The van der Waals surface area contributed by atoms with Gasteiger partial charge in [0.25, 0.3) is 5.91 Å². The van der Waals surface area contributed by atoms with Crippen molar-refractivity contribution in [2.75, 3.05) is 16.6 Å². The third kappa shape index (κ3) is 2.27. The van der Waals surface area contributed by atoms with Gasteiger partial charge in [0.1, 0.15) is 18.0 Å². The van der Waals surface area contributed by atoms with Gasteiger partial charge in [-0.15, -0.1) is 0 Å². The van der Waals surface area contributed by atoms with Crippen LogP contribution in [0.3, 0.4) is 0 Å². The first kappa shape index (κ1) is 15.8. The van der Waals surface area contributed by atoms with E-state index in [1.807, 2.05) is 0 Å². The van der Waals surface area contributed by atoms with Crippen LogP contribution in [-0.4, -0.2) is 26.0 Å². The number of phenolic OH excluding ortho intramolecular Hbond substituents is 1. The number of hydrogen-bond donors (Lipinski definition) is 4. The van der Waals surface area contributed by atoms with Crippen molar-refractivity contribution in [3.8, 4) is 5.75 Å². The van der Waals surface area contributed by atoms with Crippen molar-refractivity contribution < 1.29 is 22.7 Å². The molecule has 0 aromatic heterocycles. The van der Waals surface area contributed by atoms with E-state index >= 15 is 0 Å². The number of fused-ring (bicyclic) bond motifs is 1. The van der Waals surface area contributed by atoms with Crippen molar-refractivity contribution in [3.63, 3.8) is 0 Å². The van der Waals surface area contributed by atoms with Crippen molar-refractivity contribution in [2.45, 2.75) is 0 Å². The minimum Gasteiger partial charge on any atom is -0.506 e. The van der Waals surface area contributed by atoms with E-state index in [4.69, 9.17) is 5.73 Å². The number of carbonyl (C=O) groups excluding carboxylic acids is 1. The maximum atomic E-state index is 14.5. The summed E-state index contributed by atoms with van der Waals surface area (Å²) < 4.78 is 40.3. The first-order valence-electron chi connectivity index (χ1n) is 5.83. The summed E-state index contributed by atoms with van der Waals surface area (Å²) in [5.74, 6) is -2.33. The highest BCUT2D eigenvalue weighted by molar-refractivity contribution is 7.92. The Balaban J connectivity index is 0.00000176. The molecule has 1 aliphatic heterocycles. The molecule has 0 aliphatic carbocycles. The molecule has 118 valence electrons. The van der Waals surface area contributed by atoms with Crippen LogP contribution in [0, 0.1) is 5.82 Å². The number of halogens is 1. The standard InChI is InChI=1S/C12H10FN3O4S.H3N/c13-11-8-2-1-7(14)3-6(8)4-9(17)12(11)16-5-10(18)15-21(16,19)20;/h1-4,17H,5,14H2,(H,15,18);1H3. The minimum atomic E-state index is -4.20. The molecule has 0 radical (unpaired) electrons. The van der Waals surface area contributed by atoms with Gasteiger partial charge in [-0.2, -0.15) is 8.42 Å². The highest BCUT2D eigenvalue weighted by atomic mass is 32.2. The zero-order valence-corrected chi connectivity index (χ0v) is 12.0. The average Bonchev–Trinajstić information content (AvgIpc) is 2.62. The maximum Gasteiger partial charge on any atom is 0.326 e. The normalized spacial score (nSPS) is 16.4. The average molecular weight is 328 g/mol. The Kier molecular flexibility index (Phi) is 3.59. The Morgan fingerprint density at radius 3 is 2.59 bits per heavy atom. The zero-order chi connectivity index (χ0) is 15.4. The largest absolute Gasteiger partial charge is 0.506 e. The third-order valence-electron chi connectivity index (χ3n) is 3.12. The number of aromatic hydroxyl groups is 1. The first-order valence-corrected chi connectivity index (χ1v) is 7.27. The summed E-state index contributed by atoms with van der Waals surface area (Å²) in [6.07, 6.45) is 0. The van der Waals surface area contributed by atoms with Crippen LogP contribution in [0.2, 0.25) is 0 Å². The van der Waals surface area contributed by atoms with Gasteiger partial charge in [0.15, 0.2) is 5.82 Å². The van der Waals surface area contributed by atoms with Crippen LogP contribution < -0.4 is 20.9 Å². The van der Waals surface area contributed by atoms with Crippen molar-refractivity contribution in [1.29, 1.82) is 0 Å². The lowest BCUT2D eigenvalue weighted by Crippen LogP contribution is -2.30. The van der Waals surface area contributed by atoms with Crippen LogP contribution in [0.4, 0.5) is 15.8 Å². The lowest BCUT2D eigenvalue weighted by atomic mass is 10.1. The van der Waals surface area contributed by atoms with Gasteiger partial charge < -0.3 is 17.0 Å². The van der Waals surface area contributed by atoms with E-state index in [0.29, 0.717) is 15.4 Å². The topological polar surface area (TPSA) is 148 Å². The summed E-state index contributed by atoms with van der Waals surface area (Å²) in [7, 11) is -4.20. The molecule has 0 bridgehead atoms. The van der Waals surface area contributed by atoms with Gasteiger partial charge in [0.05, 0.1) is 0 Å². The number of benzene rings is 2. The summed E-state index contributed by atoms with van der Waals surface area (Å²) in [5, 5.41) is 10.3. The van der Waals surface area contributed by atoms with Crippen LogP contribution in [0.25, 0.3) is 10.8 Å². The fourth-order valence-electron chi connectivity index (χ4n) is 2.24. The van der Waals surface area contributed by atoms with Gasteiger partial charge in [-0.05, 0) is 29.7 Å². The van der Waals surface area contributed by atoms with Gasteiger partial charge in [-0.1, -0.05) is 0 Å². The summed E-state index contributed by atoms with van der Waals surface area (Å²) in [4.78, 5) is 11.2. The molecule has 2 aromatic rings. The molecule has 2 aromatic carbocycles. The third-order valence-corrected chi connectivity index (χ3v) is 4.50. The molecule has 1 heterocycles. The summed E-state index contributed by atoms with van der Waals surface area (Å²) in [5.41, 5.74) is 5.39.